The highest BCUT2D eigenvalue weighted by Crippen LogP contribution is 2.35. The highest BCUT2D eigenvalue weighted by molar-refractivity contribution is 5.91. The Morgan fingerprint density at radius 1 is 1.14 bits per heavy atom. The maximum atomic E-state index is 14.8. The Bertz CT molecular complexity index is 975. The number of rotatable bonds is 10. The van der Waals surface area contributed by atoms with E-state index in [0.29, 0.717) is 41.8 Å². The summed E-state index contributed by atoms with van der Waals surface area (Å²) < 4.78 is 25.9. The van der Waals surface area contributed by atoms with Gasteiger partial charge >= 0.3 is 0 Å². The number of amides is 1. The molecule has 1 saturated carbocycles. The molecule has 8 heteroatoms. The van der Waals surface area contributed by atoms with Crippen molar-refractivity contribution in [1.82, 2.24) is 0 Å². The van der Waals surface area contributed by atoms with E-state index in [9.17, 15) is 9.18 Å². The number of hydrogen-bond acceptors (Lipinski definition) is 6. The Labute approximate surface area is 207 Å². The van der Waals surface area contributed by atoms with Gasteiger partial charge in [-0.15, -0.1) is 0 Å². The highest BCUT2D eigenvalue weighted by Gasteiger charge is 2.23. The summed E-state index contributed by atoms with van der Waals surface area (Å²) in [6.45, 7) is 7.24. The minimum Gasteiger partial charge on any atom is -0.493 e. The number of hydrogen-bond donors (Lipinski definition) is 3. The summed E-state index contributed by atoms with van der Waals surface area (Å²) in [6.07, 6.45) is 6.72. The molecule has 0 spiro atoms. The van der Waals surface area contributed by atoms with Crippen LogP contribution in [-0.2, 0) is 9.53 Å². The third-order valence-corrected chi connectivity index (χ3v) is 5.83. The molecule has 1 aliphatic carbocycles. The molecule has 1 aliphatic heterocycles. The molecule has 1 heterocycles. The molecule has 2 aliphatic rings. The van der Waals surface area contributed by atoms with Crippen molar-refractivity contribution in [2.45, 2.75) is 59.0 Å². The lowest BCUT2D eigenvalue weighted by molar-refractivity contribution is -0.121. The van der Waals surface area contributed by atoms with Gasteiger partial charge in [-0.3, -0.25) is 4.79 Å². The lowest BCUT2D eigenvalue weighted by Crippen LogP contribution is -2.20. The minimum atomic E-state index is -0.578. The predicted octanol–water partition coefficient (Wildman–Crippen LogP) is 6.35. The van der Waals surface area contributed by atoms with Crippen LogP contribution < -0.4 is 20.7 Å². The number of carbonyl (C=O) groups excluding carboxylic acids is 1. The van der Waals surface area contributed by atoms with Gasteiger partial charge in [-0.25, -0.2) is 9.38 Å². The van der Waals surface area contributed by atoms with Crippen molar-refractivity contribution >= 4 is 29.3 Å². The van der Waals surface area contributed by atoms with Gasteiger partial charge in [0.15, 0.2) is 6.17 Å². The molecule has 2 aromatic carbocycles. The fraction of sp³-hybridized carbons (Fsp3) is 0.481. The molecule has 0 aromatic heterocycles. The number of benzene rings is 2. The zero-order chi connectivity index (χ0) is 25.0. The molecule has 0 radical (unpaired) electrons. The normalized spacial score (nSPS) is 16.5. The predicted molar refractivity (Wildman–Crippen MR) is 140 cm³/mol. The number of nitrogens with zero attached hydrogens (tertiary/aromatic N) is 1. The van der Waals surface area contributed by atoms with Crippen LogP contribution in [-0.4, -0.2) is 32.1 Å². The number of ether oxygens (including phenoxy) is 2. The Kier molecular flexibility index (Phi) is 10.3. The number of halogens is 1. The molecule has 1 amide bonds. The van der Waals surface area contributed by atoms with Crippen LogP contribution in [0.5, 0.6) is 5.75 Å². The second-order valence-electron chi connectivity index (χ2n) is 8.48. The van der Waals surface area contributed by atoms with Gasteiger partial charge in [0, 0.05) is 23.5 Å². The average Bonchev–Trinajstić information content (AvgIpc) is 3.39. The molecule has 1 atom stereocenters. The summed E-state index contributed by atoms with van der Waals surface area (Å²) in [4.78, 5) is 16.5. The fourth-order valence-electron chi connectivity index (χ4n) is 4.16. The van der Waals surface area contributed by atoms with Crippen LogP contribution in [0.15, 0.2) is 41.4 Å². The fourth-order valence-corrected chi connectivity index (χ4v) is 4.16. The molecule has 3 N–H and O–H groups in total. The van der Waals surface area contributed by atoms with E-state index in [1.807, 2.05) is 32.9 Å². The van der Waals surface area contributed by atoms with Gasteiger partial charge in [-0.1, -0.05) is 33.6 Å². The number of nitrogens with one attached hydrogen (secondary N) is 3. The van der Waals surface area contributed by atoms with Crippen molar-refractivity contribution in [3.63, 3.8) is 0 Å². The average molecular weight is 485 g/mol. The first kappa shape index (κ1) is 26.5. The summed E-state index contributed by atoms with van der Waals surface area (Å²) >= 11 is 0. The van der Waals surface area contributed by atoms with Crippen LogP contribution in [0.3, 0.4) is 0 Å². The van der Waals surface area contributed by atoms with Gasteiger partial charge < -0.3 is 25.4 Å². The molecular weight excluding hydrogens is 447 g/mol. The van der Waals surface area contributed by atoms with Gasteiger partial charge in [0.2, 0.25) is 5.91 Å². The van der Waals surface area contributed by atoms with Crippen LogP contribution in [0, 0.1) is 11.7 Å². The van der Waals surface area contributed by atoms with Gasteiger partial charge in [0.25, 0.3) is 0 Å². The first-order valence-electron chi connectivity index (χ1n) is 12.6. The summed E-state index contributed by atoms with van der Waals surface area (Å²) in [5.41, 5.74) is 2.48. The maximum Gasteiger partial charge on any atom is 0.250 e. The van der Waals surface area contributed by atoms with E-state index >= 15 is 0 Å². The second kappa shape index (κ2) is 13.7. The molecule has 0 bridgehead atoms. The number of carbonyl (C=O) groups is 1. The lowest BCUT2D eigenvalue weighted by atomic mass is 10.1. The zero-order valence-electron chi connectivity index (χ0n) is 20.9. The highest BCUT2D eigenvalue weighted by atomic mass is 19.1. The van der Waals surface area contributed by atoms with Gasteiger partial charge in [0.1, 0.15) is 18.2 Å². The van der Waals surface area contributed by atoms with E-state index in [-0.39, 0.29) is 18.3 Å². The number of anilines is 3. The SMILES string of the molecule is CC.CCCOc1cc(F)c2c(c1)NC=NC2Nc1ccc(NC(=O)COCC2CCCC2)cc1. The smallest absolute Gasteiger partial charge is 0.250 e. The zero-order valence-corrected chi connectivity index (χ0v) is 20.9. The Hall–Kier alpha value is -3.13. The van der Waals surface area contributed by atoms with E-state index < -0.39 is 6.17 Å². The van der Waals surface area contributed by atoms with Gasteiger partial charge in [-0.2, -0.15) is 0 Å². The Morgan fingerprint density at radius 3 is 2.57 bits per heavy atom. The second-order valence-corrected chi connectivity index (χ2v) is 8.48. The van der Waals surface area contributed by atoms with E-state index in [4.69, 9.17) is 9.47 Å². The first-order valence-corrected chi connectivity index (χ1v) is 12.6. The maximum absolute atomic E-state index is 14.8. The van der Waals surface area contributed by atoms with Crippen molar-refractivity contribution in [2.75, 3.05) is 35.8 Å². The van der Waals surface area contributed by atoms with E-state index in [0.717, 1.165) is 12.1 Å². The molecule has 7 nitrogen and oxygen atoms in total. The molecular formula is C27H37FN4O3. The van der Waals surface area contributed by atoms with Gasteiger partial charge in [0.05, 0.1) is 30.8 Å². The summed E-state index contributed by atoms with van der Waals surface area (Å²) in [6, 6.07) is 10.4. The number of fused-ring (bicyclic) bond motifs is 1. The molecule has 1 unspecified atom stereocenters. The Morgan fingerprint density at radius 2 is 1.86 bits per heavy atom. The minimum absolute atomic E-state index is 0.0559. The molecule has 4 rings (SSSR count). The molecule has 35 heavy (non-hydrogen) atoms. The number of aliphatic imine (C=N–C) groups is 1. The van der Waals surface area contributed by atoms with Crippen molar-refractivity contribution < 1.29 is 18.7 Å². The van der Waals surface area contributed by atoms with Crippen LogP contribution >= 0.6 is 0 Å². The largest absolute Gasteiger partial charge is 0.493 e. The van der Waals surface area contributed by atoms with Crippen LogP contribution in [0.25, 0.3) is 0 Å². The molecule has 1 fully saturated rings. The monoisotopic (exact) mass is 484 g/mol. The molecule has 2 aromatic rings. The molecule has 0 saturated heterocycles. The molecule has 190 valence electrons. The van der Waals surface area contributed by atoms with Crippen molar-refractivity contribution in [3.8, 4) is 5.75 Å². The standard InChI is InChI=1S/C25H31FN4O3.C2H6/c1-2-11-33-20-12-21(26)24-22(13-20)27-16-28-25(24)30-19-9-7-18(8-10-19)29-23(31)15-32-14-17-5-3-4-6-17;1-2/h7-10,12-13,16-17,25,30H,2-6,11,14-15H2,1H3,(H,27,28)(H,29,31);1-2H3. The van der Waals surface area contributed by atoms with E-state index in [2.05, 4.69) is 20.9 Å². The van der Waals surface area contributed by atoms with Crippen molar-refractivity contribution in [1.29, 1.82) is 0 Å². The van der Waals surface area contributed by atoms with Crippen LogP contribution in [0.2, 0.25) is 0 Å². The third kappa shape index (κ3) is 7.68. The van der Waals surface area contributed by atoms with Crippen LogP contribution in [0.4, 0.5) is 21.5 Å². The third-order valence-electron chi connectivity index (χ3n) is 5.83. The van der Waals surface area contributed by atoms with E-state index in [1.54, 1.807) is 24.5 Å². The summed E-state index contributed by atoms with van der Waals surface area (Å²) in [5.74, 6) is 0.517. The van der Waals surface area contributed by atoms with Crippen molar-refractivity contribution in [3.05, 3.63) is 47.8 Å². The van der Waals surface area contributed by atoms with E-state index in [1.165, 1.54) is 31.7 Å². The van der Waals surface area contributed by atoms with Crippen LogP contribution in [0.1, 0.15) is 64.6 Å². The topological polar surface area (TPSA) is 84.0 Å². The first-order chi connectivity index (χ1) is 17.1. The van der Waals surface area contributed by atoms with Gasteiger partial charge in [-0.05, 0) is 49.4 Å². The Balaban J connectivity index is 0.00000167. The van der Waals surface area contributed by atoms with Crippen molar-refractivity contribution in [2.24, 2.45) is 10.9 Å². The summed E-state index contributed by atoms with van der Waals surface area (Å²) in [5, 5.41) is 9.06. The summed E-state index contributed by atoms with van der Waals surface area (Å²) in [7, 11) is 0. The quantitative estimate of drug-likeness (QED) is 0.366. The lowest BCUT2D eigenvalue weighted by Gasteiger charge is -2.24.